The molecule has 0 saturated heterocycles. The SMILES string of the molecule is c1ccc(-c2nc(-c3ccccc3)nc(-n3c4ccccc4c4c5sc6ccccc6c5c5c6cccnc6sc5c43)n2)cc1. The van der Waals surface area contributed by atoms with Gasteiger partial charge in [0.2, 0.25) is 5.95 Å². The maximum atomic E-state index is 5.19. The molecule has 0 aliphatic carbocycles. The Bertz CT molecular complexity index is 2700. The third kappa shape index (κ3) is 3.59. The molecule has 0 fully saturated rings. The van der Waals surface area contributed by atoms with Crippen LogP contribution in [0.5, 0.6) is 0 Å². The highest BCUT2D eigenvalue weighted by molar-refractivity contribution is 7.29. The second kappa shape index (κ2) is 9.50. The van der Waals surface area contributed by atoms with Crippen molar-refractivity contribution < 1.29 is 0 Å². The number of nitrogens with zero attached hydrogens (tertiary/aromatic N) is 5. The van der Waals surface area contributed by atoms with E-state index in [2.05, 4.69) is 83.4 Å². The first-order chi connectivity index (χ1) is 22.3. The highest BCUT2D eigenvalue weighted by atomic mass is 32.1. The maximum absolute atomic E-state index is 5.19. The van der Waals surface area contributed by atoms with Gasteiger partial charge in [0, 0.05) is 59.0 Å². The van der Waals surface area contributed by atoms with Crippen LogP contribution in [0.1, 0.15) is 0 Å². The monoisotopic (exact) mass is 611 g/mol. The number of hydrogen-bond acceptors (Lipinski definition) is 6. The molecular formula is C38H21N5S2. The van der Waals surface area contributed by atoms with Crippen LogP contribution in [0, 0.1) is 0 Å². The number of rotatable bonds is 3. The Morgan fingerprint density at radius 2 is 1.11 bits per heavy atom. The normalized spacial score (nSPS) is 12.0. The molecule has 5 aromatic carbocycles. The van der Waals surface area contributed by atoms with Crippen LogP contribution in [-0.4, -0.2) is 24.5 Å². The van der Waals surface area contributed by atoms with Gasteiger partial charge in [-0.1, -0.05) is 97.1 Å². The summed E-state index contributed by atoms with van der Waals surface area (Å²) in [6, 6.07) is 41.9. The van der Waals surface area contributed by atoms with Crippen LogP contribution in [0.2, 0.25) is 0 Å². The van der Waals surface area contributed by atoms with Gasteiger partial charge in [-0.3, -0.25) is 4.57 Å². The van der Waals surface area contributed by atoms with E-state index < -0.39 is 0 Å². The Kier molecular flexibility index (Phi) is 5.25. The summed E-state index contributed by atoms with van der Waals surface area (Å²) in [5.41, 5.74) is 4.07. The summed E-state index contributed by atoms with van der Waals surface area (Å²) < 4.78 is 6.00. The summed E-state index contributed by atoms with van der Waals surface area (Å²) in [6.07, 6.45) is 1.89. The lowest BCUT2D eigenvalue weighted by molar-refractivity contribution is 0.955. The van der Waals surface area contributed by atoms with Crippen LogP contribution < -0.4 is 0 Å². The molecule has 0 bridgehead atoms. The van der Waals surface area contributed by atoms with Gasteiger partial charge in [-0.05, 0) is 24.3 Å². The molecule has 0 atom stereocenters. The molecule has 0 saturated carbocycles. The molecule has 5 nitrogen and oxygen atoms in total. The smallest absolute Gasteiger partial charge is 0.238 e. The standard InChI is InChI=1S/C38H21N5S2/c1-3-12-22(13-4-1)35-40-36(23-14-5-2-6-15-23)42-38(41-35)43-27-19-9-7-16-24(27)31-32(43)34-30(26-18-11-21-39-37(26)45-34)29-25-17-8-10-20-28(25)44-33(29)31/h1-21H. The molecule has 0 aliphatic heterocycles. The highest BCUT2D eigenvalue weighted by Crippen LogP contribution is 2.51. The molecule has 0 radical (unpaired) electrons. The summed E-state index contributed by atoms with van der Waals surface area (Å²) >= 11 is 3.60. The summed E-state index contributed by atoms with van der Waals surface area (Å²) in [6.45, 7) is 0. The molecule has 0 unspecified atom stereocenters. The number of thiophene rings is 2. The summed E-state index contributed by atoms with van der Waals surface area (Å²) in [5.74, 6) is 1.88. The predicted octanol–water partition coefficient (Wildman–Crippen LogP) is 10.4. The fourth-order valence-corrected chi connectivity index (χ4v) is 9.07. The molecule has 0 N–H and O–H groups in total. The molecule has 10 rings (SSSR count). The number of hydrogen-bond donors (Lipinski definition) is 0. The molecule has 210 valence electrons. The molecule has 5 aromatic heterocycles. The van der Waals surface area contributed by atoms with E-state index in [1.807, 2.05) is 60.0 Å². The third-order valence-corrected chi connectivity index (χ3v) is 10.8. The first-order valence-electron chi connectivity index (χ1n) is 14.7. The molecule has 0 aliphatic rings. The summed E-state index contributed by atoms with van der Waals surface area (Å²) in [5, 5.41) is 7.40. The van der Waals surface area contributed by atoms with E-state index in [4.69, 9.17) is 19.9 Å². The zero-order valence-electron chi connectivity index (χ0n) is 23.7. The van der Waals surface area contributed by atoms with Gasteiger partial charge in [0.15, 0.2) is 11.6 Å². The second-order valence-corrected chi connectivity index (χ2v) is 13.1. The van der Waals surface area contributed by atoms with Gasteiger partial charge in [-0.25, -0.2) is 9.97 Å². The Balaban J connectivity index is 1.44. The largest absolute Gasteiger partial charge is 0.276 e. The second-order valence-electron chi connectivity index (χ2n) is 11.1. The first kappa shape index (κ1) is 24.9. The van der Waals surface area contributed by atoms with Crippen molar-refractivity contribution in [1.29, 1.82) is 0 Å². The Labute approximate surface area is 264 Å². The molecule has 7 heteroatoms. The first-order valence-corrected chi connectivity index (χ1v) is 16.4. The van der Waals surface area contributed by atoms with Crippen molar-refractivity contribution >= 4 is 85.0 Å². The van der Waals surface area contributed by atoms with E-state index in [0.29, 0.717) is 17.6 Å². The minimum atomic E-state index is 0.598. The fourth-order valence-electron chi connectivity index (χ4n) is 6.61. The lowest BCUT2D eigenvalue weighted by atomic mass is 10.0. The average Bonchev–Trinajstić information content (AvgIpc) is 3.78. The zero-order valence-corrected chi connectivity index (χ0v) is 25.3. The number of fused-ring (bicyclic) bond motifs is 12. The Morgan fingerprint density at radius 1 is 0.489 bits per heavy atom. The Morgan fingerprint density at radius 3 is 1.87 bits per heavy atom. The van der Waals surface area contributed by atoms with E-state index in [1.165, 1.54) is 46.4 Å². The van der Waals surface area contributed by atoms with Crippen LogP contribution in [0.4, 0.5) is 0 Å². The molecule has 45 heavy (non-hydrogen) atoms. The van der Waals surface area contributed by atoms with E-state index in [9.17, 15) is 0 Å². The minimum absolute atomic E-state index is 0.598. The van der Waals surface area contributed by atoms with Crippen molar-refractivity contribution in [2.75, 3.05) is 0 Å². The topological polar surface area (TPSA) is 56.5 Å². The van der Waals surface area contributed by atoms with Crippen LogP contribution in [0.3, 0.4) is 0 Å². The van der Waals surface area contributed by atoms with Crippen molar-refractivity contribution in [3.63, 3.8) is 0 Å². The van der Waals surface area contributed by atoms with Crippen molar-refractivity contribution in [3.8, 4) is 28.7 Å². The zero-order chi connectivity index (χ0) is 29.5. The molecule has 10 aromatic rings. The van der Waals surface area contributed by atoms with Gasteiger partial charge in [0.25, 0.3) is 0 Å². The van der Waals surface area contributed by atoms with Gasteiger partial charge < -0.3 is 0 Å². The molecular weight excluding hydrogens is 591 g/mol. The predicted molar refractivity (Wildman–Crippen MR) is 189 cm³/mol. The lowest BCUT2D eigenvalue weighted by Crippen LogP contribution is -2.06. The van der Waals surface area contributed by atoms with Gasteiger partial charge in [-0.15, -0.1) is 22.7 Å². The fraction of sp³-hybridized carbons (Fsp3) is 0. The van der Waals surface area contributed by atoms with Crippen molar-refractivity contribution in [2.24, 2.45) is 0 Å². The number of benzene rings is 5. The van der Waals surface area contributed by atoms with Crippen LogP contribution in [0.15, 0.2) is 128 Å². The van der Waals surface area contributed by atoms with Crippen molar-refractivity contribution in [3.05, 3.63) is 128 Å². The minimum Gasteiger partial charge on any atom is -0.276 e. The van der Waals surface area contributed by atoms with Crippen molar-refractivity contribution in [1.82, 2.24) is 24.5 Å². The Hall–Kier alpha value is -5.50. The molecule has 5 heterocycles. The number of pyridine rings is 1. The average molecular weight is 612 g/mol. The van der Waals surface area contributed by atoms with Gasteiger partial charge in [-0.2, -0.15) is 9.97 Å². The lowest BCUT2D eigenvalue weighted by Gasteiger charge is -2.11. The third-order valence-electron chi connectivity index (χ3n) is 8.52. The van der Waals surface area contributed by atoms with E-state index in [-0.39, 0.29) is 0 Å². The maximum Gasteiger partial charge on any atom is 0.238 e. The van der Waals surface area contributed by atoms with Gasteiger partial charge in [0.05, 0.1) is 15.7 Å². The molecule has 0 amide bonds. The van der Waals surface area contributed by atoms with Gasteiger partial charge >= 0.3 is 0 Å². The van der Waals surface area contributed by atoms with Crippen molar-refractivity contribution in [2.45, 2.75) is 0 Å². The van der Waals surface area contributed by atoms with Crippen LogP contribution in [-0.2, 0) is 0 Å². The quantitative estimate of drug-likeness (QED) is 0.199. The van der Waals surface area contributed by atoms with E-state index in [0.717, 1.165) is 27.0 Å². The number of aromatic nitrogens is 5. The molecule has 0 spiro atoms. The summed E-state index contributed by atoms with van der Waals surface area (Å²) in [7, 11) is 0. The van der Waals surface area contributed by atoms with Crippen LogP contribution in [0.25, 0.3) is 91.0 Å². The van der Waals surface area contributed by atoms with Gasteiger partial charge in [0.1, 0.15) is 4.83 Å². The van der Waals surface area contributed by atoms with E-state index >= 15 is 0 Å². The number of para-hydroxylation sites is 1. The van der Waals surface area contributed by atoms with E-state index in [1.54, 1.807) is 11.3 Å². The van der Waals surface area contributed by atoms with Crippen LogP contribution >= 0.6 is 22.7 Å². The summed E-state index contributed by atoms with van der Waals surface area (Å²) in [4.78, 5) is 21.2. The highest BCUT2D eigenvalue weighted by Gasteiger charge is 2.26.